The van der Waals surface area contributed by atoms with Crippen molar-refractivity contribution in [3.05, 3.63) is 35.9 Å². The summed E-state index contributed by atoms with van der Waals surface area (Å²) < 4.78 is 0. The van der Waals surface area contributed by atoms with Crippen molar-refractivity contribution in [1.82, 2.24) is 4.90 Å². The van der Waals surface area contributed by atoms with Crippen LogP contribution in [-0.2, 0) is 9.59 Å². The van der Waals surface area contributed by atoms with Crippen LogP contribution in [0, 0.1) is 0 Å². The minimum Gasteiger partial charge on any atom is -0.479 e. The second-order valence-electron chi connectivity index (χ2n) is 5.49. The molecule has 0 radical (unpaired) electrons. The van der Waals surface area contributed by atoms with Gasteiger partial charge in [0.15, 0.2) is 6.10 Å². The minimum atomic E-state index is -1.31. The summed E-state index contributed by atoms with van der Waals surface area (Å²) in [5.41, 5.74) is -0.674. The van der Waals surface area contributed by atoms with Gasteiger partial charge in [-0.25, -0.2) is 4.79 Å². The van der Waals surface area contributed by atoms with Crippen LogP contribution in [0.2, 0.25) is 0 Å². The van der Waals surface area contributed by atoms with Crippen molar-refractivity contribution in [2.24, 2.45) is 0 Å². The van der Waals surface area contributed by atoms with Crippen LogP contribution >= 0.6 is 0 Å². The molecule has 1 saturated heterocycles. The highest BCUT2D eigenvalue weighted by atomic mass is 16.4. The highest BCUT2D eigenvalue weighted by Gasteiger charge is 2.50. The average Bonchev–Trinajstić information content (AvgIpc) is 2.92. The molecule has 1 aromatic carbocycles. The smallest absolute Gasteiger partial charge is 0.329 e. The van der Waals surface area contributed by atoms with Gasteiger partial charge < -0.3 is 15.1 Å². The lowest BCUT2D eigenvalue weighted by molar-refractivity contribution is -0.161. The zero-order valence-corrected chi connectivity index (χ0v) is 12.2. The summed E-state index contributed by atoms with van der Waals surface area (Å²) in [5, 5.41) is 19.8. The molecule has 1 amide bonds. The predicted octanol–water partition coefficient (Wildman–Crippen LogP) is 1.97. The first-order chi connectivity index (χ1) is 10.0. The topological polar surface area (TPSA) is 77.8 Å². The fourth-order valence-electron chi connectivity index (χ4n) is 3.13. The number of hydrogen-bond donors (Lipinski definition) is 2. The van der Waals surface area contributed by atoms with E-state index in [0.717, 1.165) is 0 Å². The van der Waals surface area contributed by atoms with Gasteiger partial charge in [-0.1, -0.05) is 43.7 Å². The molecule has 5 heteroatoms. The van der Waals surface area contributed by atoms with Crippen LogP contribution < -0.4 is 0 Å². The number of carbonyl (C=O) groups excluding carboxylic acids is 1. The Morgan fingerprint density at radius 3 is 2.57 bits per heavy atom. The normalized spacial score (nSPS) is 23.0. The van der Waals surface area contributed by atoms with Gasteiger partial charge in [0.25, 0.3) is 5.91 Å². The van der Waals surface area contributed by atoms with Gasteiger partial charge in [-0.05, 0) is 24.8 Å². The third-order valence-corrected chi connectivity index (χ3v) is 4.17. The molecule has 5 nitrogen and oxygen atoms in total. The van der Waals surface area contributed by atoms with E-state index in [-0.39, 0.29) is 0 Å². The first-order valence-electron chi connectivity index (χ1n) is 7.31. The van der Waals surface area contributed by atoms with Gasteiger partial charge in [-0.15, -0.1) is 0 Å². The van der Waals surface area contributed by atoms with Crippen LogP contribution in [0.3, 0.4) is 0 Å². The van der Waals surface area contributed by atoms with Crippen LogP contribution in [0.4, 0.5) is 0 Å². The van der Waals surface area contributed by atoms with Gasteiger partial charge in [-0.3, -0.25) is 4.79 Å². The molecule has 2 rings (SSSR count). The number of aliphatic hydroxyl groups is 1. The number of rotatable bonds is 5. The zero-order valence-electron chi connectivity index (χ0n) is 12.2. The SMILES string of the molecule is CCCC1(C(=O)O)CCCN1C(=O)C(O)c1ccccc1. The number of aliphatic hydroxyl groups excluding tert-OH is 1. The fourth-order valence-corrected chi connectivity index (χ4v) is 3.13. The van der Waals surface area contributed by atoms with Crippen molar-refractivity contribution in [3.8, 4) is 0 Å². The van der Waals surface area contributed by atoms with E-state index in [9.17, 15) is 19.8 Å². The zero-order chi connectivity index (χ0) is 15.5. The predicted molar refractivity (Wildman–Crippen MR) is 77.6 cm³/mol. The molecule has 114 valence electrons. The highest BCUT2D eigenvalue weighted by Crippen LogP contribution is 2.36. The number of nitrogens with zero attached hydrogens (tertiary/aromatic N) is 1. The second kappa shape index (κ2) is 6.26. The van der Waals surface area contributed by atoms with E-state index in [1.807, 2.05) is 6.92 Å². The Bertz CT molecular complexity index is 516. The van der Waals surface area contributed by atoms with Crippen LogP contribution in [0.15, 0.2) is 30.3 Å². The maximum atomic E-state index is 12.6. The van der Waals surface area contributed by atoms with E-state index in [4.69, 9.17) is 0 Å². The molecule has 1 fully saturated rings. The molecule has 0 aromatic heterocycles. The molecule has 21 heavy (non-hydrogen) atoms. The molecule has 0 saturated carbocycles. The largest absolute Gasteiger partial charge is 0.479 e. The number of likely N-dealkylation sites (tertiary alicyclic amines) is 1. The van der Waals surface area contributed by atoms with Crippen molar-refractivity contribution in [1.29, 1.82) is 0 Å². The summed E-state index contributed by atoms with van der Waals surface area (Å²) in [5.74, 6) is -1.50. The van der Waals surface area contributed by atoms with E-state index >= 15 is 0 Å². The molecule has 1 aliphatic heterocycles. The molecular weight excluding hydrogens is 270 g/mol. The molecular formula is C16H21NO4. The Balaban J connectivity index is 2.27. The van der Waals surface area contributed by atoms with E-state index in [1.54, 1.807) is 30.3 Å². The number of carboxylic acid groups (broad SMARTS) is 1. The summed E-state index contributed by atoms with van der Waals surface area (Å²) in [6, 6.07) is 8.62. The third-order valence-electron chi connectivity index (χ3n) is 4.17. The number of aliphatic carboxylic acids is 1. The number of hydrogen-bond acceptors (Lipinski definition) is 3. The van der Waals surface area contributed by atoms with Gasteiger partial charge in [0.2, 0.25) is 0 Å². The van der Waals surface area contributed by atoms with Gasteiger partial charge in [0.1, 0.15) is 5.54 Å². The van der Waals surface area contributed by atoms with E-state index in [1.165, 1.54) is 4.90 Å². The number of carbonyl (C=O) groups is 2. The van der Waals surface area contributed by atoms with Gasteiger partial charge in [0, 0.05) is 6.54 Å². The summed E-state index contributed by atoms with van der Waals surface area (Å²) >= 11 is 0. The van der Waals surface area contributed by atoms with Crippen molar-refractivity contribution in [2.45, 2.75) is 44.2 Å². The maximum absolute atomic E-state index is 12.6. The Kier molecular flexibility index (Phi) is 4.63. The van der Waals surface area contributed by atoms with Crippen LogP contribution in [0.1, 0.15) is 44.3 Å². The Hall–Kier alpha value is -1.88. The highest BCUT2D eigenvalue weighted by molar-refractivity contribution is 5.90. The molecule has 1 aliphatic rings. The minimum absolute atomic E-state index is 0.384. The van der Waals surface area contributed by atoms with Crippen LogP contribution in [-0.4, -0.2) is 39.1 Å². The standard InChI is InChI=1S/C16H21NO4/c1-2-9-16(15(20)21)10-6-11-17(16)14(19)13(18)12-7-4-3-5-8-12/h3-5,7-8,13,18H,2,6,9-11H2,1H3,(H,20,21). The number of benzene rings is 1. The first kappa shape index (κ1) is 15.5. The summed E-state index contributed by atoms with van der Waals surface area (Å²) in [7, 11) is 0. The van der Waals surface area contributed by atoms with E-state index in [2.05, 4.69) is 0 Å². The monoisotopic (exact) mass is 291 g/mol. The molecule has 2 unspecified atom stereocenters. The number of amides is 1. The summed E-state index contributed by atoms with van der Waals surface area (Å²) in [6.07, 6.45) is 0.885. The molecule has 0 spiro atoms. The van der Waals surface area contributed by atoms with Crippen molar-refractivity contribution >= 4 is 11.9 Å². The first-order valence-corrected chi connectivity index (χ1v) is 7.31. The lowest BCUT2D eigenvalue weighted by Gasteiger charge is -2.35. The maximum Gasteiger partial charge on any atom is 0.329 e. The van der Waals surface area contributed by atoms with Crippen molar-refractivity contribution in [2.75, 3.05) is 6.54 Å². The van der Waals surface area contributed by atoms with Crippen LogP contribution in [0.25, 0.3) is 0 Å². The van der Waals surface area contributed by atoms with Gasteiger partial charge in [-0.2, -0.15) is 0 Å². The summed E-state index contributed by atoms with van der Waals surface area (Å²) in [4.78, 5) is 25.6. The van der Waals surface area contributed by atoms with E-state index in [0.29, 0.717) is 37.8 Å². The second-order valence-corrected chi connectivity index (χ2v) is 5.49. The Morgan fingerprint density at radius 1 is 1.33 bits per heavy atom. The van der Waals surface area contributed by atoms with Crippen molar-refractivity contribution in [3.63, 3.8) is 0 Å². The molecule has 0 bridgehead atoms. The summed E-state index contributed by atoms with van der Waals surface area (Å²) in [6.45, 7) is 2.29. The van der Waals surface area contributed by atoms with E-state index < -0.39 is 23.5 Å². The quantitative estimate of drug-likeness (QED) is 0.869. The molecule has 2 N–H and O–H groups in total. The molecule has 0 aliphatic carbocycles. The lowest BCUT2D eigenvalue weighted by Crippen LogP contribution is -2.54. The Morgan fingerprint density at radius 2 is 2.00 bits per heavy atom. The molecule has 2 atom stereocenters. The Labute approximate surface area is 124 Å². The van der Waals surface area contributed by atoms with Crippen LogP contribution in [0.5, 0.6) is 0 Å². The average molecular weight is 291 g/mol. The van der Waals surface area contributed by atoms with Gasteiger partial charge in [0.05, 0.1) is 0 Å². The number of carboxylic acids is 1. The fraction of sp³-hybridized carbons (Fsp3) is 0.500. The molecule has 1 aromatic rings. The third kappa shape index (κ3) is 2.78. The lowest BCUT2D eigenvalue weighted by atomic mass is 9.90. The van der Waals surface area contributed by atoms with Crippen molar-refractivity contribution < 1.29 is 19.8 Å². The molecule has 1 heterocycles. The van der Waals surface area contributed by atoms with Gasteiger partial charge >= 0.3 is 5.97 Å².